The Hall–Kier alpha value is -2.22. The number of amides is 1. The third-order valence-corrected chi connectivity index (χ3v) is 2.56. The average molecular weight is 228 g/mol. The number of carbonyl (C=O) groups excluding carboxylic acids is 1. The summed E-state index contributed by atoms with van der Waals surface area (Å²) in [6, 6.07) is 8.79. The highest BCUT2D eigenvalue weighted by atomic mass is 16.1. The van der Waals surface area contributed by atoms with Crippen LogP contribution < -0.4 is 5.32 Å². The van der Waals surface area contributed by atoms with Crippen molar-refractivity contribution >= 4 is 11.6 Å². The van der Waals surface area contributed by atoms with Crippen molar-refractivity contribution in [3.8, 4) is 6.07 Å². The molecule has 0 saturated carbocycles. The van der Waals surface area contributed by atoms with Crippen LogP contribution in [0.25, 0.3) is 0 Å². The van der Waals surface area contributed by atoms with E-state index in [4.69, 9.17) is 5.26 Å². The minimum Gasteiger partial charge on any atom is -0.326 e. The van der Waals surface area contributed by atoms with E-state index in [1.165, 1.54) is 0 Å². The van der Waals surface area contributed by atoms with Crippen LogP contribution in [0.2, 0.25) is 0 Å². The zero-order chi connectivity index (χ0) is 12.3. The number of benzene rings is 1. The maximum Gasteiger partial charge on any atom is 0.224 e. The Morgan fingerprint density at radius 3 is 2.59 bits per heavy atom. The molecule has 1 aromatic carbocycles. The summed E-state index contributed by atoms with van der Waals surface area (Å²) in [5.74, 6) is -0.0618. The van der Waals surface area contributed by atoms with Gasteiger partial charge in [-0.15, -0.1) is 0 Å². The number of anilines is 1. The second kappa shape index (κ2) is 4.34. The van der Waals surface area contributed by atoms with Gasteiger partial charge in [0.15, 0.2) is 5.66 Å². The highest BCUT2D eigenvalue weighted by Crippen LogP contribution is 2.31. The molecule has 0 radical (unpaired) electrons. The summed E-state index contributed by atoms with van der Waals surface area (Å²) in [6.07, 6.45) is 1.03. The Labute approximate surface area is 99.2 Å². The van der Waals surface area contributed by atoms with E-state index in [0.29, 0.717) is 24.1 Å². The highest BCUT2D eigenvalue weighted by Gasteiger charge is 2.33. The molecule has 0 fully saturated rings. The van der Waals surface area contributed by atoms with E-state index in [1.54, 1.807) is 24.3 Å². The number of hydrogen-bond donors (Lipinski definition) is 1. The third kappa shape index (κ3) is 3.11. The van der Waals surface area contributed by atoms with E-state index in [-0.39, 0.29) is 11.6 Å². The number of rotatable bonds is 4. The molecule has 0 aliphatic carbocycles. The smallest absolute Gasteiger partial charge is 0.224 e. The maximum absolute atomic E-state index is 11.6. The van der Waals surface area contributed by atoms with Gasteiger partial charge < -0.3 is 5.32 Å². The zero-order valence-electron chi connectivity index (χ0n) is 9.47. The van der Waals surface area contributed by atoms with Gasteiger partial charge in [0.25, 0.3) is 0 Å². The molecule has 0 unspecified atom stereocenters. The first kappa shape index (κ1) is 11.3. The summed E-state index contributed by atoms with van der Waals surface area (Å²) in [6.45, 7) is 1.89. The lowest BCUT2D eigenvalue weighted by atomic mass is 10.1. The van der Waals surface area contributed by atoms with Crippen molar-refractivity contribution in [2.24, 2.45) is 10.2 Å². The molecule has 1 amide bonds. The maximum atomic E-state index is 11.6. The van der Waals surface area contributed by atoms with Crippen molar-refractivity contribution in [1.82, 2.24) is 0 Å². The second-order valence-electron chi connectivity index (χ2n) is 4.15. The Morgan fingerprint density at radius 1 is 1.41 bits per heavy atom. The molecule has 2 rings (SSSR count). The second-order valence-corrected chi connectivity index (χ2v) is 4.15. The number of carbonyl (C=O) groups is 1. The molecule has 0 bridgehead atoms. The number of nitrogens with one attached hydrogen (secondary N) is 1. The van der Waals surface area contributed by atoms with Crippen LogP contribution in [0.15, 0.2) is 34.5 Å². The minimum absolute atomic E-state index is 0.0618. The zero-order valence-corrected chi connectivity index (χ0v) is 9.47. The van der Waals surface area contributed by atoms with Gasteiger partial charge in [-0.2, -0.15) is 15.5 Å². The molecule has 1 N–H and O–H groups in total. The Balaban J connectivity index is 1.83. The summed E-state index contributed by atoms with van der Waals surface area (Å²) in [4.78, 5) is 11.6. The normalized spacial score (nSPS) is 15.1. The van der Waals surface area contributed by atoms with Crippen LogP contribution in [0.1, 0.15) is 25.3 Å². The molecule has 0 saturated heterocycles. The molecule has 1 aliphatic heterocycles. The van der Waals surface area contributed by atoms with E-state index in [1.807, 2.05) is 13.0 Å². The number of nitriles is 1. The van der Waals surface area contributed by atoms with Crippen LogP contribution in [0, 0.1) is 11.3 Å². The SMILES string of the molecule is CC1(CCC(=O)Nc2ccc(C#N)cc2)N=N1. The summed E-state index contributed by atoms with van der Waals surface area (Å²) in [7, 11) is 0. The summed E-state index contributed by atoms with van der Waals surface area (Å²) in [5, 5.41) is 19.1. The predicted molar refractivity (Wildman–Crippen MR) is 62.3 cm³/mol. The summed E-state index contributed by atoms with van der Waals surface area (Å²) in [5.41, 5.74) is 0.942. The molecule has 0 aromatic heterocycles. The van der Waals surface area contributed by atoms with Crippen molar-refractivity contribution in [1.29, 1.82) is 5.26 Å². The molecular weight excluding hydrogens is 216 g/mol. The first-order valence-corrected chi connectivity index (χ1v) is 5.35. The molecule has 17 heavy (non-hydrogen) atoms. The highest BCUT2D eigenvalue weighted by molar-refractivity contribution is 5.90. The van der Waals surface area contributed by atoms with Gasteiger partial charge in [-0.3, -0.25) is 4.79 Å². The van der Waals surface area contributed by atoms with Crippen molar-refractivity contribution in [2.45, 2.75) is 25.4 Å². The van der Waals surface area contributed by atoms with E-state index in [9.17, 15) is 4.79 Å². The third-order valence-electron chi connectivity index (χ3n) is 2.56. The lowest BCUT2D eigenvalue weighted by Crippen LogP contribution is -2.15. The van der Waals surface area contributed by atoms with Gasteiger partial charge in [-0.1, -0.05) is 0 Å². The fraction of sp³-hybridized carbons (Fsp3) is 0.333. The van der Waals surface area contributed by atoms with Crippen LogP contribution in [0.3, 0.4) is 0 Å². The van der Waals surface area contributed by atoms with Crippen LogP contribution in [-0.2, 0) is 4.79 Å². The van der Waals surface area contributed by atoms with Crippen LogP contribution >= 0.6 is 0 Å². The molecular formula is C12H12N4O. The van der Waals surface area contributed by atoms with Crippen molar-refractivity contribution in [3.05, 3.63) is 29.8 Å². The molecule has 5 heteroatoms. The van der Waals surface area contributed by atoms with Crippen LogP contribution in [0.4, 0.5) is 5.69 Å². The number of nitrogens with zero attached hydrogens (tertiary/aromatic N) is 3. The largest absolute Gasteiger partial charge is 0.326 e. The Morgan fingerprint density at radius 2 is 2.06 bits per heavy atom. The minimum atomic E-state index is -0.331. The van der Waals surface area contributed by atoms with Crippen molar-refractivity contribution in [3.63, 3.8) is 0 Å². The molecule has 86 valence electrons. The number of hydrogen-bond acceptors (Lipinski definition) is 4. The van der Waals surface area contributed by atoms with Gasteiger partial charge in [-0.05, 0) is 31.2 Å². The summed E-state index contributed by atoms with van der Waals surface area (Å²) >= 11 is 0. The molecule has 0 atom stereocenters. The molecule has 1 heterocycles. The monoisotopic (exact) mass is 228 g/mol. The molecule has 1 aliphatic rings. The molecule has 0 spiro atoms. The van der Waals surface area contributed by atoms with Crippen molar-refractivity contribution in [2.75, 3.05) is 5.32 Å². The lowest BCUT2D eigenvalue weighted by molar-refractivity contribution is -0.116. The first-order valence-electron chi connectivity index (χ1n) is 5.35. The van der Waals surface area contributed by atoms with E-state index < -0.39 is 0 Å². The van der Waals surface area contributed by atoms with E-state index in [2.05, 4.69) is 15.5 Å². The Kier molecular flexibility index (Phi) is 2.88. The van der Waals surface area contributed by atoms with Gasteiger partial charge in [-0.25, -0.2) is 0 Å². The van der Waals surface area contributed by atoms with Gasteiger partial charge in [0, 0.05) is 18.5 Å². The topological polar surface area (TPSA) is 77.6 Å². The Bertz CT molecular complexity index is 492. The van der Waals surface area contributed by atoms with Crippen LogP contribution in [0.5, 0.6) is 0 Å². The first-order chi connectivity index (χ1) is 8.11. The van der Waals surface area contributed by atoms with Gasteiger partial charge in [0.1, 0.15) is 0 Å². The standard InChI is InChI=1S/C12H12N4O/c1-12(15-16-12)7-6-11(17)14-10-4-2-9(8-13)3-5-10/h2-5H,6-7H2,1H3,(H,14,17). The lowest BCUT2D eigenvalue weighted by Gasteiger charge is -2.06. The van der Waals surface area contributed by atoms with Gasteiger partial charge in [0.05, 0.1) is 11.6 Å². The van der Waals surface area contributed by atoms with E-state index in [0.717, 1.165) is 0 Å². The molecule has 1 aromatic rings. The quantitative estimate of drug-likeness (QED) is 0.859. The van der Waals surface area contributed by atoms with Gasteiger partial charge >= 0.3 is 0 Å². The fourth-order valence-electron chi connectivity index (χ4n) is 1.39. The summed E-state index contributed by atoms with van der Waals surface area (Å²) < 4.78 is 0. The van der Waals surface area contributed by atoms with E-state index >= 15 is 0 Å². The fourth-order valence-corrected chi connectivity index (χ4v) is 1.39. The average Bonchev–Trinajstić information content (AvgIpc) is 3.07. The molecule has 5 nitrogen and oxygen atoms in total. The van der Waals surface area contributed by atoms with Crippen molar-refractivity contribution < 1.29 is 4.79 Å². The van der Waals surface area contributed by atoms with Crippen LogP contribution in [-0.4, -0.2) is 11.6 Å². The van der Waals surface area contributed by atoms with Gasteiger partial charge in [0.2, 0.25) is 5.91 Å². The predicted octanol–water partition coefficient (Wildman–Crippen LogP) is 2.46.